The van der Waals surface area contributed by atoms with Crippen LogP contribution >= 0.6 is 0 Å². The van der Waals surface area contributed by atoms with Gasteiger partial charge in [0.1, 0.15) is 11.3 Å². The molecular formula is C29H28FN3O3. The summed E-state index contributed by atoms with van der Waals surface area (Å²) in [7, 11) is 0. The first-order chi connectivity index (χ1) is 17.5. The number of hydrogen-bond donors (Lipinski definition) is 1. The largest absolute Gasteiger partial charge is 0.436 e. The van der Waals surface area contributed by atoms with Crippen LogP contribution in [-0.4, -0.2) is 34.8 Å². The molecule has 1 saturated heterocycles. The molecular weight excluding hydrogens is 457 g/mol. The quantitative estimate of drug-likeness (QED) is 0.395. The highest BCUT2D eigenvalue weighted by Crippen LogP contribution is 2.28. The van der Waals surface area contributed by atoms with E-state index in [1.54, 1.807) is 30.3 Å². The number of nitrogens with zero attached hydrogens (tertiary/aromatic N) is 2. The van der Waals surface area contributed by atoms with Gasteiger partial charge < -0.3 is 14.6 Å². The van der Waals surface area contributed by atoms with Crippen LogP contribution in [0.1, 0.15) is 35.7 Å². The molecule has 5 rings (SSSR count). The predicted molar refractivity (Wildman–Crippen MR) is 135 cm³/mol. The molecule has 3 aromatic carbocycles. The molecule has 1 aliphatic heterocycles. The smallest absolute Gasteiger partial charge is 0.253 e. The fraction of sp³-hybridized carbons (Fsp3) is 0.276. The fourth-order valence-corrected chi connectivity index (χ4v) is 4.75. The number of rotatable bonds is 6. The second-order valence-corrected chi connectivity index (χ2v) is 9.30. The molecule has 1 atom stereocenters. The number of carbonyl (C=O) groups is 2. The Morgan fingerprint density at radius 1 is 1.06 bits per heavy atom. The van der Waals surface area contributed by atoms with Gasteiger partial charge in [0.05, 0.1) is 0 Å². The highest BCUT2D eigenvalue weighted by Gasteiger charge is 2.30. The van der Waals surface area contributed by atoms with Crippen LogP contribution < -0.4 is 5.32 Å². The molecule has 0 unspecified atom stereocenters. The number of carbonyl (C=O) groups excluding carboxylic acids is 2. The van der Waals surface area contributed by atoms with E-state index >= 15 is 0 Å². The number of oxazole rings is 1. The zero-order chi connectivity index (χ0) is 25.1. The van der Waals surface area contributed by atoms with Crippen molar-refractivity contribution < 1.29 is 18.4 Å². The lowest BCUT2D eigenvalue weighted by molar-refractivity contribution is -0.126. The fourth-order valence-electron chi connectivity index (χ4n) is 4.75. The summed E-state index contributed by atoms with van der Waals surface area (Å²) in [6.45, 7) is 3.24. The van der Waals surface area contributed by atoms with Crippen LogP contribution in [0.2, 0.25) is 0 Å². The van der Waals surface area contributed by atoms with Crippen molar-refractivity contribution in [1.82, 2.24) is 15.2 Å². The van der Waals surface area contributed by atoms with E-state index in [1.807, 2.05) is 48.2 Å². The minimum atomic E-state index is -0.322. The Hall–Kier alpha value is -4.00. The van der Waals surface area contributed by atoms with Gasteiger partial charge in [0.15, 0.2) is 5.58 Å². The third-order valence-electron chi connectivity index (χ3n) is 7.01. The molecule has 1 aliphatic rings. The zero-order valence-electron chi connectivity index (χ0n) is 20.1. The number of benzene rings is 3. The van der Waals surface area contributed by atoms with E-state index in [2.05, 4.69) is 10.3 Å². The molecule has 0 aliphatic carbocycles. The van der Waals surface area contributed by atoms with Gasteiger partial charge in [-0.25, -0.2) is 9.37 Å². The van der Waals surface area contributed by atoms with Crippen molar-refractivity contribution in [2.45, 2.75) is 26.3 Å². The Morgan fingerprint density at radius 3 is 2.53 bits per heavy atom. The Morgan fingerprint density at radius 2 is 1.78 bits per heavy atom. The summed E-state index contributed by atoms with van der Waals surface area (Å²) in [6, 6.07) is 21.4. The molecule has 2 amide bonds. The van der Waals surface area contributed by atoms with Gasteiger partial charge in [-0.2, -0.15) is 0 Å². The maximum Gasteiger partial charge on any atom is 0.253 e. The number of hydrogen-bond acceptors (Lipinski definition) is 4. The van der Waals surface area contributed by atoms with Gasteiger partial charge in [-0.05, 0) is 55.2 Å². The lowest BCUT2D eigenvalue weighted by Gasteiger charge is -2.34. The molecule has 4 aromatic rings. The Kier molecular flexibility index (Phi) is 6.80. The van der Waals surface area contributed by atoms with Gasteiger partial charge in [0.2, 0.25) is 11.8 Å². The van der Waals surface area contributed by atoms with Crippen molar-refractivity contribution in [3.63, 3.8) is 0 Å². The summed E-state index contributed by atoms with van der Waals surface area (Å²) >= 11 is 0. The number of piperidine rings is 1. The lowest BCUT2D eigenvalue weighted by atomic mass is 9.84. The summed E-state index contributed by atoms with van der Waals surface area (Å²) in [5.74, 6) is 0.0175. The summed E-state index contributed by atoms with van der Waals surface area (Å²) in [5, 5.41) is 2.85. The van der Waals surface area contributed by atoms with E-state index < -0.39 is 0 Å². The first-order valence-electron chi connectivity index (χ1n) is 12.3. The normalized spacial score (nSPS) is 15.1. The molecule has 1 fully saturated rings. The van der Waals surface area contributed by atoms with Crippen molar-refractivity contribution >= 4 is 22.9 Å². The molecule has 6 nitrogen and oxygen atoms in total. The Balaban J connectivity index is 1.18. The molecule has 0 saturated carbocycles. The third-order valence-corrected chi connectivity index (χ3v) is 7.01. The molecule has 7 heteroatoms. The van der Waals surface area contributed by atoms with Gasteiger partial charge in [-0.15, -0.1) is 0 Å². The molecule has 36 heavy (non-hydrogen) atoms. The van der Waals surface area contributed by atoms with Crippen molar-refractivity contribution in [3.8, 4) is 11.5 Å². The zero-order valence-corrected chi connectivity index (χ0v) is 20.1. The summed E-state index contributed by atoms with van der Waals surface area (Å²) in [4.78, 5) is 32.2. The maximum absolute atomic E-state index is 13.8. The van der Waals surface area contributed by atoms with Crippen LogP contribution in [0.3, 0.4) is 0 Å². The summed E-state index contributed by atoms with van der Waals surface area (Å²) in [5.41, 5.74) is 3.20. The van der Waals surface area contributed by atoms with Crippen LogP contribution in [0, 0.1) is 17.7 Å². The van der Waals surface area contributed by atoms with Gasteiger partial charge in [-0.1, -0.05) is 43.3 Å². The van der Waals surface area contributed by atoms with Crippen LogP contribution in [0.25, 0.3) is 22.6 Å². The number of halogens is 1. The monoisotopic (exact) mass is 485 g/mol. The Labute approximate surface area is 209 Å². The van der Waals surface area contributed by atoms with Crippen LogP contribution in [0.15, 0.2) is 77.2 Å². The van der Waals surface area contributed by atoms with Gasteiger partial charge in [0, 0.05) is 42.2 Å². The van der Waals surface area contributed by atoms with Gasteiger partial charge in [-0.3, -0.25) is 9.59 Å². The number of fused-ring (bicyclic) bond motifs is 1. The minimum absolute atomic E-state index is 0.0512. The van der Waals surface area contributed by atoms with E-state index in [-0.39, 0.29) is 36.0 Å². The highest BCUT2D eigenvalue weighted by atomic mass is 19.1. The molecule has 0 bridgehead atoms. The maximum atomic E-state index is 13.8. The second kappa shape index (κ2) is 10.3. The van der Waals surface area contributed by atoms with E-state index in [0.717, 1.165) is 18.4 Å². The first-order valence-corrected chi connectivity index (χ1v) is 12.3. The van der Waals surface area contributed by atoms with Crippen molar-refractivity contribution in [1.29, 1.82) is 0 Å². The summed E-state index contributed by atoms with van der Waals surface area (Å²) < 4.78 is 19.7. The van der Waals surface area contributed by atoms with Crippen molar-refractivity contribution in [2.24, 2.45) is 11.8 Å². The van der Waals surface area contributed by atoms with Crippen LogP contribution in [0.5, 0.6) is 0 Å². The minimum Gasteiger partial charge on any atom is -0.436 e. The standard InChI is InChI=1S/C29H28FN3O3/c1-19(27(34)31-18-23-9-5-6-10-24(23)30)20-13-15-33(16-14-20)29(35)22-11-12-25-26(17-22)36-28(32-25)21-7-3-2-4-8-21/h2-12,17,19-20H,13-16,18H2,1H3,(H,31,34)/t19-/m1/s1. The van der Waals surface area contributed by atoms with Gasteiger partial charge in [0.25, 0.3) is 5.91 Å². The molecule has 0 spiro atoms. The van der Waals surface area contributed by atoms with E-state index in [0.29, 0.717) is 41.2 Å². The molecule has 1 N–H and O–H groups in total. The number of likely N-dealkylation sites (tertiary alicyclic amines) is 1. The average Bonchev–Trinajstić information content (AvgIpc) is 3.36. The third kappa shape index (κ3) is 5.00. The highest BCUT2D eigenvalue weighted by molar-refractivity contribution is 5.97. The van der Waals surface area contributed by atoms with Crippen molar-refractivity contribution in [2.75, 3.05) is 13.1 Å². The molecule has 0 radical (unpaired) electrons. The van der Waals surface area contributed by atoms with Gasteiger partial charge >= 0.3 is 0 Å². The number of amides is 2. The first kappa shape index (κ1) is 23.7. The van der Waals surface area contributed by atoms with Crippen LogP contribution in [-0.2, 0) is 11.3 Å². The molecule has 2 heterocycles. The SMILES string of the molecule is C[C@@H](C(=O)NCc1ccccc1F)C1CCN(C(=O)c2ccc3nc(-c4ccccc4)oc3c2)CC1. The average molecular weight is 486 g/mol. The number of aromatic nitrogens is 1. The second-order valence-electron chi connectivity index (χ2n) is 9.30. The van der Waals surface area contributed by atoms with E-state index in [1.165, 1.54) is 6.07 Å². The predicted octanol–water partition coefficient (Wildman–Crippen LogP) is 5.44. The van der Waals surface area contributed by atoms with Crippen molar-refractivity contribution in [3.05, 3.63) is 89.7 Å². The lowest BCUT2D eigenvalue weighted by Crippen LogP contribution is -2.42. The van der Waals surface area contributed by atoms with E-state index in [4.69, 9.17) is 4.42 Å². The molecule has 1 aromatic heterocycles. The van der Waals surface area contributed by atoms with Crippen LogP contribution in [0.4, 0.5) is 4.39 Å². The topological polar surface area (TPSA) is 75.4 Å². The molecule has 184 valence electrons. The number of nitrogens with one attached hydrogen (secondary N) is 1. The Bertz CT molecular complexity index is 1380. The van der Waals surface area contributed by atoms with E-state index in [9.17, 15) is 14.0 Å². The summed E-state index contributed by atoms with van der Waals surface area (Å²) in [6.07, 6.45) is 1.48.